The molecule has 2 aromatic carbocycles. The number of likely N-dealkylation sites (N-methyl/N-ethyl adjacent to an activating group) is 1. The van der Waals surface area contributed by atoms with Crippen LogP contribution in [0.1, 0.15) is 27.7 Å². The maximum Gasteiger partial charge on any atom is 0.257 e. The maximum absolute atomic E-state index is 14.4. The topological polar surface area (TPSA) is 67.6 Å². The van der Waals surface area contributed by atoms with Crippen LogP contribution < -0.4 is 10.1 Å². The van der Waals surface area contributed by atoms with Crippen molar-refractivity contribution in [2.24, 2.45) is 0 Å². The molecule has 0 aliphatic carbocycles. The van der Waals surface area contributed by atoms with E-state index >= 15 is 0 Å². The average Bonchev–Trinajstić information content (AvgIpc) is 3.09. The zero-order chi connectivity index (χ0) is 21.8. The van der Waals surface area contributed by atoms with E-state index in [1.165, 1.54) is 18.2 Å². The van der Waals surface area contributed by atoms with Gasteiger partial charge < -0.3 is 19.5 Å². The van der Waals surface area contributed by atoms with E-state index in [9.17, 15) is 9.18 Å². The zero-order valence-corrected chi connectivity index (χ0v) is 18.0. The highest BCUT2D eigenvalue weighted by atomic mass is 35.5. The van der Waals surface area contributed by atoms with Crippen LogP contribution in [-0.2, 0) is 0 Å². The molecule has 0 fully saturated rings. The number of carbonyl (C=O) groups excluding carboxylic acids is 1. The van der Waals surface area contributed by atoms with Crippen molar-refractivity contribution in [2.75, 3.05) is 27.7 Å². The quantitative estimate of drug-likeness (QED) is 0.597. The summed E-state index contributed by atoms with van der Waals surface area (Å²) in [7, 11) is 5.45. The van der Waals surface area contributed by atoms with Gasteiger partial charge in [0.05, 0.1) is 23.7 Å². The van der Waals surface area contributed by atoms with E-state index in [4.69, 9.17) is 20.9 Å². The van der Waals surface area contributed by atoms with Crippen LogP contribution in [0.15, 0.2) is 47.0 Å². The fraction of sp³-hybridized carbons (Fsp3) is 0.273. The first-order chi connectivity index (χ1) is 14.3. The highest BCUT2D eigenvalue weighted by molar-refractivity contribution is 6.33. The number of rotatable bonds is 7. The summed E-state index contributed by atoms with van der Waals surface area (Å²) in [5.41, 5.74) is 1.26. The summed E-state index contributed by atoms with van der Waals surface area (Å²) in [6, 6.07) is 11.8. The molecule has 1 N–H and O–H groups in total. The van der Waals surface area contributed by atoms with E-state index in [1.807, 2.05) is 43.3 Å². The minimum absolute atomic E-state index is 0.0399. The van der Waals surface area contributed by atoms with Crippen LogP contribution in [0, 0.1) is 12.7 Å². The number of aromatic nitrogens is 1. The monoisotopic (exact) mass is 431 g/mol. The van der Waals surface area contributed by atoms with Crippen molar-refractivity contribution in [3.05, 3.63) is 70.2 Å². The highest BCUT2D eigenvalue weighted by Crippen LogP contribution is 2.33. The van der Waals surface area contributed by atoms with Gasteiger partial charge in [0.1, 0.15) is 28.6 Å². The number of hydrogen-bond donors (Lipinski definition) is 1. The summed E-state index contributed by atoms with van der Waals surface area (Å²) in [5.74, 6) is 0.0202. The van der Waals surface area contributed by atoms with Gasteiger partial charge in [0.25, 0.3) is 5.91 Å². The molecule has 0 radical (unpaired) electrons. The predicted molar refractivity (Wildman–Crippen MR) is 113 cm³/mol. The molecule has 8 heteroatoms. The first kappa shape index (κ1) is 21.8. The summed E-state index contributed by atoms with van der Waals surface area (Å²) < 4.78 is 24.9. The molecule has 0 spiro atoms. The SMILES string of the molecule is COc1cccc([C@H](CNC(=O)c2c(-c3c(F)cccc3Cl)noc2C)N(C)C)c1. The lowest BCUT2D eigenvalue weighted by Crippen LogP contribution is -2.34. The van der Waals surface area contributed by atoms with Crippen LogP contribution in [-0.4, -0.2) is 43.7 Å². The number of amides is 1. The van der Waals surface area contributed by atoms with Gasteiger partial charge in [-0.15, -0.1) is 0 Å². The molecule has 1 heterocycles. The van der Waals surface area contributed by atoms with Crippen molar-refractivity contribution in [3.8, 4) is 17.0 Å². The summed E-state index contributed by atoms with van der Waals surface area (Å²) in [6.07, 6.45) is 0. The normalized spacial score (nSPS) is 12.1. The Kier molecular flexibility index (Phi) is 6.74. The van der Waals surface area contributed by atoms with Crippen LogP contribution in [0.4, 0.5) is 4.39 Å². The standard InChI is InChI=1S/C22H23ClFN3O3/c1-13-19(21(26-30-13)20-16(23)9-6-10-17(20)24)22(28)25-12-18(27(2)3)14-7-5-8-15(11-14)29-4/h5-11,18H,12H2,1-4H3,(H,25,28)/t18-/m0/s1. The van der Waals surface area contributed by atoms with Crippen molar-refractivity contribution < 1.29 is 18.4 Å². The molecular formula is C22H23ClFN3O3. The van der Waals surface area contributed by atoms with Crippen LogP contribution in [0.25, 0.3) is 11.3 Å². The molecule has 158 valence electrons. The number of methoxy groups -OCH3 is 1. The molecule has 1 amide bonds. The molecule has 0 saturated carbocycles. The van der Waals surface area contributed by atoms with Crippen molar-refractivity contribution >= 4 is 17.5 Å². The summed E-state index contributed by atoms with van der Waals surface area (Å²) in [6.45, 7) is 1.92. The van der Waals surface area contributed by atoms with E-state index in [-0.39, 0.29) is 33.6 Å². The summed E-state index contributed by atoms with van der Waals surface area (Å²) >= 11 is 6.16. The molecule has 0 aliphatic rings. The number of hydrogen-bond acceptors (Lipinski definition) is 5. The number of aryl methyl sites for hydroxylation is 1. The Labute approximate surface area is 179 Å². The Hall–Kier alpha value is -2.90. The number of nitrogens with one attached hydrogen (secondary N) is 1. The van der Waals surface area contributed by atoms with Crippen LogP contribution >= 0.6 is 11.6 Å². The van der Waals surface area contributed by atoms with Gasteiger partial charge in [-0.05, 0) is 50.8 Å². The third-order valence-electron chi connectivity index (χ3n) is 4.85. The Balaban J connectivity index is 1.87. The molecular weight excluding hydrogens is 409 g/mol. The Bertz CT molecular complexity index is 1030. The van der Waals surface area contributed by atoms with Crippen LogP contribution in [0.2, 0.25) is 5.02 Å². The highest BCUT2D eigenvalue weighted by Gasteiger charge is 2.26. The van der Waals surface area contributed by atoms with Crippen molar-refractivity contribution in [1.29, 1.82) is 0 Å². The summed E-state index contributed by atoms with van der Waals surface area (Å²) in [5, 5.41) is 6.94. The number of nitrogens with zero attached hydrogens (tertiary/aromatic N) is 2. The second-order valence-corrected chi connectivity index (χ2v) is 7.43. The lowest BCUT2D eigenvalue weighted by atomic mass is 10.0. The fourth-order valence-corrected chi connectivity index (χ4v) is 3.51. The Morgan fingerprint density at radius 2 is 2.03 bits per heavy atom. The number of benzene rings is 2. The van der Waals surface area contributed by atoms with Gasteiger partial charge in [-0.3, -0.25) is 4.79 Å². The third kappa shape index (κ3) is 4.47. The Morgan fingerprint density at radius 1 is 1.30 bits per heavy atom. The van der Waals surface area contributed by atoms with Gasteiger partial charge in [-0.1, -0.05) is 35.0 Å². The van der Waals surface area contributed by atoms with Gasteiger partial charge in [0.2, 0.25) is 0 Å². The average molecular weight is 432 g/mol. The van der Waals surface area contributed by atoms with Crippen molar-refractivity contribution in [2.45, 2.75) is 13.0 Å². The second-order valence-electron chi connectivity index (χ2n) is 7.03. The third-order valence-corrected chi connectivity index (χ3v) is 5.16. The van der Waals surface area contributed by atoms with E-state index in [2.05, 4.69) is 10.5 Å². The molecule has 3 aromatic rings. The minimum Gasteiger partial charge on any atom is -0.497 e. The van der Waals surface area contributed by atoms with Crippen LogP contribution in [0.3, 0.4) is 0 Å². The summed E-state index contributed by atoms with van der Waals surface area (Å²) in [4.78, 5) is 15.0. The second kappa shape index (κ2) is 9.28. The molecule has 3 rings (SSSR count). The van der Waals surface area contributed by atoms with E-state index < -0.39 is 11.7 Å². The van der Waals surface area contributed by atoms with E-state index in [0.29, 0.717) is 6.54 Å². The first-order valence-electron chi connectivity index (χ1n) is 9.32. The van der Waals surface area contributed by atoms with Gasteiger partial charge in [-0.25, -0.2) is 4.39 Å². The van der Waals surface area contributed by atoms with Gasteiger partial charge in [0, 0.05) is 6.54 Å². The van der Waals surface area contributed by atoms with Crippen LogP contribution in [0.5, 0.6) is 5.75 Å². The number of ether oxygens (including phenoxy) is 1. The largest absolute Gasteiger partial charge is 0.497 e. The van der Waals surface area contributed by atoms with Gasteiger partial charge in [0.15, 0.2) is 0 Å². The molecule has 0 bridgehead atoms. The lowest BCUT2D eigenvalue weighted by Gasteiger charge is -2.25. The fourth-order valence-electron chi connectivity index (χ4n) is 3.26. The molecule has 0 unspecified atom stereocenters. The first-order valence-corrected chi connectivity index (χ1v) is 9.70. The minimum atomic E-state index is -0.576. The molecule has 0 saturated heterocycles. The van der Waals surface area contributed by atoms with E-state index in [1.54, 1.807) is 14.0 Å². The van der Waals surface area contributed by atoms with Crippen molar-refractivity contribution in [3.63, 3.8) is 0 Å². The zero-order valence-electron chi connectivity index (χ0n) is 17.2. The van der Waals surface area contributed by atoms with Gasteiger partial charge in [-0.2, -0.15) is 0 Å². The number of halogens is 2. The Morgan fingerprint density at radius 3 is 2.70 bits per heavy atom. The van der Waals surface area contributed by atoms with Gasteiger partial charge >= 0.3 is 0 Å². The molecule has 6 nitrogen and oxygen atoms in total. The predicted octanol–water partition coefficient (Wildman–Crippen LogP) is 4.48. The number of carbonyl (C=O) groups is 1. The van der Waals surface area contributed by atoms with Crippen molar-refractivity contribution in [1.82, 2.24) is 15.4 Å². The molecule has 1 atom stereocenters. The smallest absolute Gasteiger partial charge is 0.257 e. The maximum atomic E-state index is 14.4. The molecule has 0 aliphatic heterocycles. The molecule has 1 aromatic heterocycles. The molecule has 30 heavy (non-hydrogen) atoms. The van der Waals surface area contributed by atoms with E-state index in [0.717, 1.165) is 11.3 Å². The lowest BCUT2D eigenvalue weighted by molar-refractivity contribution is 0.0941.